The second-order valence-corrected chi connectivity index (χ2v) is 4.93. The largest absolute Gasteiger partial charge is 0.356 e. The number of rotatable bonds is 6. The fourth-order valence-electron chi connectivity index (χ4n) is 2.27. The van der Waals surface area contributed by atoms with Crippen molar-refractivity contribution >= 4 is 5.91 Å². The van der Waals surface area contributed by atoms with Crippen LogP contribution in [0.4, 0.5) is 0 Å². The van der Waals surface area contributed by atoms with E-state index in [9.17, 15) is 4.79 Å². The first-order valence-electron chi connectivity index (χ1n) is 7.08. The molecule has 0 bridgehead atoms. The SMILES string of the molecule is O=C(CCN1CCNCC1)NCCc1ccccc1. The quantitative estimate of drug-likeness (QED) is 0.790. The van der Waals surface area contributed by atoms with Gasteiger partial charge in [-0.15, -0.1) is 0 Å². The minimum absolute atomic E-state index is 0.162. The second kappa shape index (κ2) is 7.92. The Labute approximate surface area is 115 Å². The highest BCUT2D eigenvalue weighted by Crippen LogP contribution is 1.98. The van der Waals surface area contributed by atoms with Gasteiger partial charge in [0, 0.05) is 45.7 Å². The van der Waals surface area contributed by atoms with Crippen LogP contribution in [0.3, 0.4) is 0 Å². The lowest BCUT2D eigenvalue weighted by molar-refractivity contribution is -0.121. The van der Waals surface area contributed by atoms with Crippen LogP contribution in [0.5, 0.6) is 0 Å². The Hall–Kier alpha value is -1.39. The first kappa shape index (κ1) is 14.0. The second-order valence-electron chi connectivity index (χ2n) is 4.93. The molecule has 19 heavy (non-hydrogen) atoms. The molecule has 2 N–H and O–H groups in total. The van der Waals surface area contributed by atoms with Gasteiger partial charge >= 0.3 is 0 Å². The van der Waals surface area contributed by atoms with Gasteiger partial charge in [-0.05, 0) is 12.0 Å². The van der Waals surface area contributed by atoms with Gasteiger partial charge in [0.05, 0.1) is 0 Å². The summed E-state index contributed by atoms with van der Waals surface area (Å²) >= 11 is 0. The number of carbonyl (C=O) groups is 1. The van der Waals surface area contributed by atoms with E-state index >= 15 is 0 Å². The van der Waals surface area contributed by atoms with Crippen molar-refractivity contribution in [1.82, 2.24) is 15.5 Å². The summed E-state index contributed by atoms with van der Waals surface area (Å²) in [6, 6.07) is 10.2. The van der Waals surface area contributed by atoms with Crippen LogP contribution in [0.2, 0.25) is 0 Å². The van der Waals surface area contributed by atoms with Gasteiger partial charge in [-0.25, -0.2) is 0 Å². The summed E-state index contributed by atoms with van der Waals surface area (Å²) in [5.74, 6) is 0.162. The summed E-state index contributed by atoms with van der Waals surface area (Å²) in [7, 11) is 0. The normalized spacial score (nSPS) is 16.2. The van der Waals surface area contributed by atoms with Gasteiger partial charge in [0.1, 0.15) is 0 Å². The van der Waals surface area contributed by atoms with Crippen LogP contribution in [0.25, 0.3) is 0 Å². The highest BCUT2D eigenvalue weighted by Gasteiger charge is 2.10. The molecule has 0 atom stereocenters. The third kappa shape index (κ3) is 5.41. The minimum atomic E-state index is 0.162. The Morgan fingerprint density at radius 2 is 1.95 bits per heavy atom. The summed E-state index contributed by atoms with van der Waals surface area (Å²) in [5, 5.41) is 6.30. The van der Waals surface area contributed by atoms with Crippen LogP contribution in [-0.2, 0) is 11.2 Å². The molecular weight excluding hydrogens is 238 g/mol. The van der Waals surface area contributed by atoms with Crippen molar-refractivity contribution < 1.29 is 4.79 Å². The summed E-state index contributed by atoms with van der Waals surface area (Å²) < 4.78 is 0. The Morgan fingerprint density at radius 3 is 2.68 bits per heavy atom. The molecular formula is C15H23N3O. The molecule has 1 saturated heterocycles. The Kier molecular flexibility index (Phi) is 5.85. The number of piperazine rings is 1. The zero-order valence-electron chi connectivity index (χ0n) is 11.4. The molecule has 1 aliphatic rings. The van der Waals surface area contributed by atoms with Crippen molar-refractivity contribution in [2.24, 2.45) is 0 Å². The lowest BCUT2D eigenvalue weighted by Crippen LogP contribution is -2.44. The number of hydrogen-bond acceptors (Lipinski definition) is 3. The van der Waals surface area contributed by atoms with Crippen LogP contribution >= 0.6 is 0 Å². The third-order valence-electron chi connectivity index (χ3n) is 3.44. The average Bonchev–Trinajstić information content (AvgIpc) is 2.47. The molecule has 4 heteroatoms. The van der Waals surface area contributed by atoms with Crippen molar-refractivity contribution in [3.8, 4) is 0 Å². The molecule has 0 radical (unpaired) electrons. The molecule has 0 aliphatic carbocycles. The maximum atomic E-state index is 11.7. The van der Waals surface area contributed by atoms with Crippen LogP contribution in [0, 0.1) is 0 Å². The maximum Gasteiger partial charge on any atom is 0.221 e. The maximum absolute atomic E-state index is 11.7. The van der Waals surface area contributed by atoms with Gasteiger partial charge in [0.15, 0.2) is 0 Å². The standard InChI is InChI=1S/C15H23N3O/c19-15(7-11-18-12-9-16-10-13-18)17-8-6-14-4-2-1-3-5-14/h1-5,16H,6-13H2,(H,17,19). The fraction of sp³-hybridized carbons (Fsp3) is 0.533. The van der Waals surface area contributed by atoms with E-state index < -0.39 is 0 Å². The number of benzene rings is 1. The predicted octanol–water partition coefficient (Wildman–Crippen LogP) is 0.641. The van der Waals surface area contributed by atoms with Crippen LogP contribution in [0.1, 0.15) is 12.0 Å². The molecule has 104 valence electrons. The first-order chi connectivity index (χ1) is 9.34. The van der Waals surface area contributed by atoms with Crippen LogP contribution in [0.15, 0.2) is 30.3 Å². The number of nitrogens with zero attached hydrogens (tertiary/aromatic N) is 1. The van der Waals surface area contributed by atoms with E-state index in [0.29, 0.717) is 6.42 Å². The molecule has 1 fully saturated rings. The third-order valence-corrected chi connectivity index (χ3v) is 3.44. The summed E-state index contributed by atoms with van der Waals surface area (Å²) in [6.45, 7) is 5.78. The van der Waals surface area contributed by atoms with Crippen molar-refractivity contribution in [2.75, 3.05) is 39.3 Å². The van der Waals surface area contributed by atoms with Crippen molar-refractivity contribution in [3.63, 3.8) is 0 Å². The molecule has 0 spiro atoms. The average molecular weight is 261 g/mol. The van der Waals surface area contributed by atoms with E-state index in [1.54, 1.807) is 0 Å². The summed E-state index contributed by atoms with van der Waals surface area (Å²) in [5.41, 5.74) is 1.27. The smallest absolute Gasteiger partial charge is 0.221 e. The first-order valence-corrected chi connectivity index (χ1v) is 7.08. The van der Waals surface area contributed by atoms with Crippen molar-refractivity contribution in [2.45, 2.75) is 12.8 Å². The Morgan fingerprint density at radius 1 is 1.21 bits per heavy atom. The van der Waals surface area contributed by atoms with Gasteiger partial charge in [0.2, 0.25) is 5.91 Å². The van der Waals surface area contributed by atoms with Crippen molar-refractivity contribution in [1.29, 1.82) is 0 Å². The molecule has 1 amide bonds. The van der Waals surface area contributed by atoms with Gasteiger partial charge in [-0.2, -0.15) is 0 Å². The Bertz CT molecular complexity index is 374. The summed E-state index contributed by atoms with van der Waals surface area (Å²) in [4.78, 5) is 14.1. The van der Waals surface area contributed by atoms with Gasteiger partial charge in [-0.3, -0.25) is 4.79 Å². The lowest BCUT2D eigenvalue weighted by atomic mass is 10.1. The molecule has 0 saturated carbocycles. The molecule has 2 rings (SSSR count). The highest BCUT2D eigenvalue weighted by molar-refractivity contribution is 5.76. The zero-order chi connectivity index (χ0) is 13.3. The van der Waals surface area contributed by atoms with Gasteiger partial charge in [0.25, 0.3) is 0 Å². The Balaban J connectivity index is 1.57. The van der Waals surface area contributed by atoms with E-state index in [4.69, 9.17) is 0 Å². The van der Waals surface area contributed by atoms with E-state index in [1.165, 1.54) is 5.56 Å². The van der Waals surface area contributed by atoms with Crippen LogP contribution < -0.4 is 10.6 Å². The molecule has 4 nitrogen and oxygen atoms in total. The van der Waals surface area contributed by atoms with E-state index in [1.807, 2.05) is 18.2 Å². The van der Waals surface area contributed by atoms with Gasteiger partial charge in [-0.1, -0.05) is 30.3 Å². The van der Waals surface area contributed by atoms with E-state index in [0.717, 1.165) is 45.7 Å². The molecule has 1 heterocycles. The minimum Gasteiger partial charge on any atom is -0.356 e. The molecule has 0 aromatic heterocycles. The molecule has 1 aliphatic heterocycles. The number of hydrogen-bond donors (Lipinski definition) is 2. The van der Waals surface area contributed by atoms with Crippen LogP contribution in [-0.4, -0.2) is 50.1 Å². The molecule has 0 unspecified atom stereocenters. The molecule has 1 aromatic carbocycles. The van der Waals surface area contributed by atoms with Crippen molar-refractivity contribution in [3.05, 3.63) is 35.9 Å². The lowest BCUT2D eigenvalue weighted by Gasteiger charge is -2.26. The van der Waals surface area contributed by atoms with Gasteiger partial charge < -0.3 is 15.5 Å². The highest BCUT2D eigenvalue weighted by atomic mass is 16.1. The monoisotopic (exact) mass is 261 g/mol. The predicted molar refractivity (Wildman–Crippen MR) is 77.1 cm³/mol. The van der Waals surface area contributed by atoms with E-state index in [-0.39, 0.29) is 5.91 Å². The topological polar surface area (TPSA) is 44.4 Å². The van der Waals surface area contributed by atoms with E-state index in [2.05, 4.69) is 27.7 Å². The number of amides is 1. The number of carbonyl (C=O) groups excluding carboxylic acids is 1. The summed E-state index contributed by atoms with van der Waals surface area (Å²) in [6.07, 6.45) is 1.51. The number of nitrogens with one attached hydrogen (secondary N) is 2. The fourth-order valence-corrected chi connectivity index (χ4v) is 2.27. The zero-order valence-corrected chi connectivity index (χ0v) is 11.4. The molecule has 1 aromatic rings.